The van der Waals surface area contributed by atoms with Crippen LogP contribution in [0.5, 0.6) is 17.2 Å². The molecule has 5 heteroatoms. The average molecular weight is 344 g/mol. The molecule has 0 radical (unpaired) electrons. The number of fused-ring (bicyclic) bond motifs is 1. The van der Waals surface area contributed by atoms with Crippen LogP contribution in [-0.2, 0) is 6.54 Å². The molecule has 0 bridgehead atoms. The molecule has 2 heterocycles. The van der Waals surface area contributed by atoms with Gasteiger partial charge in [0.05, 0.1) is 5.02 Å². The summed E-state index contributed by atoms with van der Waals surface area (Å²) in [6.45, 7) is 2.94. The third-order valence-corrected chi connectivity index (χ3v) is 4.71. The minimum Gasteiger partial charge on any atom is -0.508 e. The molecule has 0 fully saturated rings. The fourth-order valence-corrected chi connectivity index (χ4v) is 3.45. The summed E-state index contributed by atoms with van der Waals surface area (Å²) in [5, 5.41) is 10.0. The highest BCUT2D eigenvalue weighted by atomic mass is 35.5. The maximum atomic E-state index is 9.39. The number of aromatic hydroxyl groups is 1. The first-order valence-corrected chi connectivity index (χ1v) is 8.35. The molecule has 2 aromatic carbocycles. The summed E-state index contributed by atoms with van der Waals surface area (Å²) >= 11 is 6.25. The first-order chi connectivity index (χ1) is 11.7. The van der Waals surface area contributed by atoms with Crippen LogP contribution in [0.2, 0.25) is 5.02 Å². The number of phenols is 1. The highest BCUT2D eigenvalue weighted by molar-refractivity contribution is 6.32. The lowest BCUT2D eigenvalue weighted by Gasteiger charge is -2.26. The highest BCUT2D eigenvalue weighted by Crippen LogP contribution is 2.40. The summed E-state index contributed by atoms with van der Waals surface area (Å²) in [7, 11) is 0. The van der Waals surface area contributed by atoms with Gasteiger partial charge in [0, 0.05) is 19.6 Å². The van der Waals surface area contributed by atoms with E-state index in [-0.39, 0.29) is 6.79 Å². The van der Waals surface area contributed by atoms with Gasteiger partial charge in [-0.15, -0.1) is 0 Å². The molecule has 24 heavy (non-hydrogen) atoms. The van der Waals surface area contributed by atoms with Crippen molar-refractivity contribution in [2.75, 3.05) is 19.9 Å². The quantitative estimate of drug-likeness (QED) is 0.912. The summed E-state index contributed by atoms with van der Waals surface area (Å²) in [5.74, 6) is 1.68. The molecule has 4 rings (SSSR count). The average Bonchev–Trinajstić information content (AvgIpc) is 3.05. The molecule has 0 unspecified atom stereocenters. The van der Waals surface area contributed by atoms with E-state index in [9.17, 15) is 5.11 Å². The fourth-order valence-electron chi connectivity index (χ4n) is 3.16. The monoisotopic (exact) mass is 343 g/mol. The van der Waals surface area contributed by atoms with Crippen LogP contribution in [0.1, 0.15) is 17.5 Å². The number of hydrogen-bond acceptors (Lipinski definition) is 4. The van der Waals surface area contributed by atoms with E-state index in [4.69, 9.17) is 21.1 Å². The van der Waals surface area contributed by atoms with Crippen LogP contribution in [0.15, 0.2) is 42.5 Å². The van der Waals surface area contributed by atoms with Crippen molar-refractivity contribution in [3.05, 3.63) is 58.6 Å². The molecule has 2 aromatic rings. The molecule has 0 aliphatic carbocycles. The SMILES string of the molecule is Oc1ccc(C2=CCN(Cc3cc(Cl)c4c(c3)OCO4)CC2)cc1. The van der Waals surface area contributed by atoms with E-state index in [1.54, 1.807) is 12.1 Å². The summed E-state index contributed by atoms with van der Waals surface area (Å²) in [6.07, 6.45) is 3.24. The smallest absolute Gasteiger partial charge is 0.231 e. The van der Waals surface area contributed by atoms with Crippen LogP contribution in [-0.4, -0.2) is 29.9 Å². The minimum absolute atomic E-state index is 0.237. The van der Waals surface area contributed by atoms with Crippen molar-refractivity contribution in [2.24, 2.45) is 0 Å². The van der Waals surface area contributed by atoms with E-state index in [1.165, 1.54) is 11.1 Å². The van der Waals surface area contributed by atoms with Gasteiger partial charge in [0.1, 0.15) is 5.75 Å². The Morgan fingerprint density at radius 2 is 1.96 bits per heavy atom. The topological polar surface area (TPSA) is 41.9 Å². The number of halogens is 1. The van der Waals surface area contributed by atoms with Crippen molar-refractivity contribution in [2.45, 2.75) is 13.0 Å². The summed E-state index contributed by atoms with van der Waals surface area (Å²) in [5.41, 5.74) is 3.64. The van der Waals surface area contributed by atoms with Crippen LogP contribution in [0.4, 0.5) is 0 Å². The van der Waals surface area contributed by atoms with Gasteiger partial charge in [-0.25, -0.2) is 0 Å². The number of phenolic OH excluding ortho intramolecular Hbond substituents is 1. The molecule has 0 saturated carbocycles. The van der Waals surface area contributed by atoms with E-state index in [0.717, 1.165) is 37.4 Å². The lowest BCUT2D eigenvalue weighted by molar-refractivity contribution is 0.174. The zero-order valence-electron chi connectivity index (χ0n) is 13.2. The number of hydrogen-bond donors (Lipinski definition) is 1. The van der Waals surface area contributed by atoms with Crippen LogP contribution in [0.25, 0.3) is 5.57 Å². The fraction of sp³-hybridized carbons (Fsp3) is 0.263. The van der Waals surface area contributed by atoms with Crippen LogP contribution < -0.4 is 9.47 Å². The van der Waals surface area contributed by atoms with Crippen molar-refractivity contribution < 1.29 is 14.6 Å². The van der Waals surface area contributed by atoms with Gasteiger partial charge < -0.3 is 14.6 Å². The van der Waals surface area contributed by atoms with Gasteiger partial charge in [-0.1, -0.05) is 29.8 Å². The molecule has 124 valence electrons. The molecule has 0 spiro atoms. The molecular formula is C19H18ClNO3. The van der Waals surface area contributed by atoms with E-state index in [2.05, 4.69) is 11.0 Å². The second-order valence-corrected chi connectivity index (χ2v) is 6.48. The van der Waals surface area contributed by atoms with Crippen molar-refractivity contribution in [3.63, 3.8) is 0 Å². The van der Waals surface area contributed by atoms with E-state index in [1.807, 2.05) is 24.3 Å². The zero-order valence-corrected chi connectivity index (χ0v) is 13.9. The van der Waals surface area contributed by atoms with Gasteiger partial charge in [0.2, 0.25) is 6.79 Å². The van der Waals surface area contributed by atoms with E-state index < -0.39 is 0 Å². The predicted octanol–water partition coefficient (Wildman–Crippen LogP) is 4.06. The standard InChI is InChI=1S/C19H18ClNO3/c20-17-9-13(10-18-19(17)24-12-23-18)11-21-7-5-15(6-8-21)14-1-3-16(22)4-2-14/h1-5,9-10,22H,6-8,11-12H2. The summed E-state index contributed by atoms with van der Waals surface area (Å²) in [4.78, 5) is 2.37. The van der Waals surface area contributed by atoms with E-state index >= 15 is 0 Å². The van der Waals surface area contributed by atoms with Crippen LogP contribution in [0.3, 0.4) is 0 Å². The van der Waals surface area contributed by atoms with Gasteiger partial charge >= 0.3 is 0 Å². The summed E-state index contributed by atoms with van der Waals surface area (Å²) in [6, 6.07) is 11.4. The number of ether oxygens (including phenoxy) is 2. The van der Waals surface area contributed by atoms with Crippen molar-refractivity contribution in [1.82, 2.24) is 4.90 Å². The second kappa shape index (κ2) is 6.38. The molecule has 0 amide bonds. The molecule has 0 aromatic heterocycles. The molecule has 0 atom stereocenters. The largest absolute Gasteiger partial charge is 0.508 e. The maximum Gasteiger partial charge on any atom is 0.231 e. The van der Waals surface area contributed by atoms with Gasteiger partial charge in [-0.3, -0.25) is 4.90 Å². The Labute approximate surface area is 145 Å². The lowest BCUT2D eigenvalue weighted by atomic mass is 9.99. The Morgan fingerprint density at radius 3 is 2.71 bits per heavy atom. The van der Waals surface area contributed by atoms with Crippen molar-refractivity contribution in [3.8, 4) is 17.2 Å². The second-order valence-electron chi connectivity index (χ2n) is 6.07. The van der Waals surface area contributed by atoms with Gasteiger partial charge in [0.25, 0.3) is 0 Å². The highest BCUT2D eigenvalue weighted by Gasteiger charge is 2.20. The maximum absolute atomic E-state index is 9.39. The minimum atomic E-state index is 0.237. The first kappa shape index (κ1) is 15.4. The van der Waals surface area contributed by atoms with Crippen LogP contribution >= 0.6 is 11.6 Å². The molecule has 2 aliphatic rings. The van der Waals surface area contributed by atoms with Gasteiger partial charge in [-0.2, -0.15) is 0 Å². The zero-order chi connectivity index (χ0) is 16.5. The molecule has 0 saturated heterocycles. The summed E-state index contributed by atoms with van der Waals surface area (Å²) < 4.78 is 10.8. The first-order valence-electron chi connectivity index (χ1n) is 7.98. The number of nitrogens with zero attached hydrogens (tertiary/aromatic N) is 1. The molecule has 1 N–H and O–H groups in total. The Bertz CT molecular complexity index is 786. The predicted molar refractivity (Wildman–Crippen MR) is 93.6 cm³/mol. The number of benzene rings is 2. The van der Waals surface area contributed by atoms with Crippen molar-refractivity contribution in [1.29, 1.82) is 0 Å². The third-order valence-electron chi connectivity index (χ3n) is 4.42. The lowest BCUT2D eigenvalue weighted by Crippen LogP contribution is -2.28. The number of rotatable bonds is 3. The normalized spacial score (nSPS) is 17.0. The Morgan fingerprint density at radius 1 is 1.12 bits per heavy atom. The molecule has 2 aliphatic heterocycles. The van der Waals surface area contributed by atoms with Crippen molar-refractivity contribution >= 4 is 17.2 Å². The van der Waals surface area contributed by atoms with Crippen LogP contribution in [0, 0.1) is 0 Å². The third kappa shape index (κ3) is 3.07. The Balaban J connectivity index is 1.45. The Kier molecular flexibility index (Phi) is 4.08. The molecule has 4 nitrogen and oxygen atoms in total. The van der Waals surface area contributed by atoms with Gasteiger partial charge in [0.15, 0.2) is 11.5 Å². The molecular weight excluding hydrogens is 326 g/mol. The van der Waals surface area contributed by atoms with Gasteiger partial charge in [-0.05, 0) is 47.4 Å². The van der Waals surface area contributed by atoms with E-state index in [0.29, 0.717) is 16.5 Å². The Hall–Kier alpha value is -2.17.